The summed E-state index contributed by atoms with van der Waals surface area (Å²) in [6.45, 7) is 0.0120. The number of nitrogens with two attached hydrogens (primary N) is 1. The molecule has 264 valence electrons. The maximum absolute atomic E-state index is 14.2. The van der Waals surface area contributed by atoms with Gasteiger partial charge in [-0.25, -0.2) is 4.79 Å². The third-order valence-electron chi connectivity index (χ3n) is 10.8. The van der Waals surface area contributed by atoms with Crippen LogP contribution in [0.2, 0.25) is 0 Å². The van der Waals surface area contributed by atoms with E-state index in [0.717, 1.165) is 22.3 Å². The minimum Gasteiger partial charge on any atom is -0.508 e. The van der Waals surface area contributed by atoms with Crippen LogP contribution < -0.4 is 16.0 Å². The van der Waals surface area contributed by atoms with Gasteiger partial charge in [-0.1, -0.05) is 48.5 Å². The van der Waals surface area contributed by atoms with Crippen LogP contribution in [0.25, 0.3) is 16.9 Å². The summed E-state index contributed by atoms with van der Waals surface area (Å²) in [4.78, 5) is 56.3. The number of aliphatic hydroxyl groups is 3. The minimum atomic E-state index is -2.76. The number of fused-ring (bicyclic) bond motifs is 6. The highest BCUT2D eigenvalue weighted by Crippen LogP contribution is 2.55. The Bertz CT molecular complexity index is 2070. The fourth-order valence-corrected chi connectivity index (χ4v) is 8.53. The summed E-state index contributed by atoms with van der Waals surface area (Å²) in [5, 5.41) is 48.9. The van der Waals surface area contributed by atoms with Crippen LogP contribution in [0, 0.1) is 11.8 Å². The molecule has 0 spiro atoms. The quantitative estimate of drug-likeness (QED) is 0.163. The summed E-state index contributed by atoms with van der Waals surface area (Å²) >= 11 is 0. The van der Waals surface area contributed by atoms with Gasteiger partial charge in [-0.15, -0.1) is 0 Å². The number of phenolic OH excluding ortho intramolecular Hbond substituents is 1. The average molecular weight is 695 g/mol. The zero-order valence-corrected chi connectivity index (χ0v) is 28.4. The van der Waals surface area contributed by atoms with Crippen LogP contribution in [0.5, 0.6) is 5.75 Å². The van der Waals surface area contributed by atoms with Crippen LogP contribution >= 0.6 is 0 Å². The molecule has 1 fully saturated rings. The number of nitrogens with zero attached hydrogens (tertiary/aromatic N) is 2. The Morgan fingerprint density at radius 2 is 1.59 bits per heavy atom. The first-order valence-corrected chi connectivity index (χ1v) is 16.5. The van der Waals surface area contributed by atoms with E-state index in [1.807, 2.05) is 48.5 Å². The molecule has 0 aromatic heterocycles. The Morgan fingerprint density at radius 1 is 0.980 bits per heavy atom. The van der Waals surface area contributed by atoms with Crippen LogP contribution in [0.3, 0.4) is 0 Å². The Kier molecular flexibility index (Phi) is 7.95. The van der Waals surface area contributed by atoms with Gasteiger partial charge in [-0.2, -0.15) is 0 Å². The van der Waals surface area contributed by atoms with Gasteiger partial charge in [0, 0.05) is 37.2 Å². The molecule has 7 rings (SSSR count). The zero-order valence-electron chi connectivity index (χ0n) is 28.4. The molecule has 0 radical (unpaired) electrons. The summed E-state index contributed by atoms with van der Waals surface area (Å²) < 4.78 is 5.69. The lowest BCUT2D eigenvalue weighted by atomic mass is 9.57. The third kappa shape index (κ3) is 4.90. The van der Waals surface area contributed by atoms with Crippen molar-refractivity contribution in [3.8, 4) is 16.9 Å². The first-order chi connectivity index (χ1) is 24.2. The van der Waals surface area contributed by atoms with Crippen LogP contribution in [-0.4, -0.2) is 95.3 Å². The molecular weight excluding hydrogens is 656 g/mol. The second-order valence-corrected chi connectivity index (χ2v) is 14.0. The summed E-state index contributed by atoms with van der Waals surface area (Å²) in [7, 11) is 6.56. The first-order valence-electron chi connectivity index (χ1n) is 16.5. The maximum atomic E-state index is 14.2. The van der Waals surface area contributed by atoms with Gasteiger partial charge in [-0.05, 0) is 66.7 Å². The molecule has 0 bridgehead atoms. The number of nitrogens with one attached hydrogen (secondary N) is 1. The fourth-order valence-electron chi connectivity index (χ4n) is 8.53. The molecule has 3 aromatic rings. The van der Waals surface area contributed by atoms with Crippen LogP contribution in [-0.2, 0) is 25.5 Å². The predicted octanol–water partition coefficient (Wildman–Crippen LogP) is 3.39. The van der Waals surface area contributed by atoms with E-state index in [2.05, 4.69) is 5.32 Å². The molecule has 2 amide bonds. The molecule has 0 heterocycles. The number of amides is 2. The van der Waals surface area contributed by atoms with Gasteiger partial charge >= 0.3 is 6.09 Å². The van der Waals surface area contributed by atoms with Gasteiger partial charge in [0.2, 0.25) is 5.78 Å². The number of aliphatic hydroxyl groups excluding tert-OH is 2. The topological polar surface area (TPSA) is 203 Å². The van der Waals surface area contributed by atoms with E-state index in [1.54, 1.807) is 33.1 Å². The molecule has 4 aliphatic rings. The predicted molar refractivity (Wildman–Crippen MR) is 187 cm³/mol. The van der Waals surface area contributed by atoms with E-state index in [4.69, 9.17) is 10.5 Å². The molecule has 7 N–H and O–H groups in total. The molecule has 0 aliphatic heterocycles. The monoisotopic (exact) mass is 694 g/mol. The second kappa shape index (κ2) is 12.0. The number of likely N-dealkylation sites (N-methyl/N-ethyl adjacent to an activating group) is 1. The number of benzene rings is 3. The number of ketones is 2. The number of Topliss-reactive ketones (excluding diaryl/α,β-unsaturated/α-hetero) is 2. The standard InChI is InChI=1S/C38H38N4O9/c1-41(2)26-15-25(40-37(49)51-16-23-20-11-7-5-9-18(20)19-10-6-8-12-21(19)23)31(43)28-22(26)13-17-14-24-30(42(3)4)33(45)29(36(39)48)35(47)38(24,50)34(46)27(17)32(28)44/h5-12,15,17,23-24,30,43-44,47,50H,13-14,16H2,1-4H3,(H2,39,48)(H,40,49)/t17?,24?,30-,38-/m0/s1. The number of carbonyl (C=O) groups excluding carboxylic acids is 4. The smallest absolute Gasteiger partial charge is 0.411 e. The van der Waals surface area contributed by atoms with E-state index < -0.39 is 69.9 Å². The molecule has 0 saturated heterocycles. The van der Waals surface area contributed by atoms with E-state index in [1.165, 1.54) is 11.0 Å². The highest BCUT2D eigenvalue weighted by molar-refractivity contribution is 6.24. The Morgan fingerprint density at radius 3 is 2.16 bits per heavy atom. The third-order valence-corrected chi connectivity index (χ3v) is 10.8. The van der Waals surface area contributed by atoms with Crippen LogP contribution in [0.1, 0.15) is 34.6 Å². The Hall–Kier alpha value is -5.66. The second-order valence-electron chi connectivity index (χ2n) is 14.0. The molecule has 4 atom stereocenters. The van der Waals surface area contributed by atoms with E-state index in [-0.39, 0.29) is 42.2 Å². The van der Waals surface area contributed by atoms with Crippen LogP contribution in [0.4, 0.5) is 16.2 Å². The highest BCUT2D eigenvalue weighted by atomic mass is 16.5. The molecule has 13 nitrogen and oxygen atoms in total. The number of phenols is 1. The van der Waals surface area contributed by atoms with Crippen molar-refractivity contribution < 1.29 is 44.3 Å². The van der Waals surface area contributed by atoms with E-state index in [0.29, 0.717) is 11.3 Å². The van der Waals surface area contributed by atoms with Gasteiger partial charge in [0.05, 0.1) is 17.3 Å². The molecule has 4 aliphatic carbocycles. The summed E-state index contributed by atoms with van der Waals surface area (Å²) in [5.41, 5.74) is 6.37. The van der Waals surface area contributed by atoms with Crippen molar-refractivity contribution in [3.05, 3.63) is 93.8 Å². The van der Waals surface area contributed by atoms with Gasteiger partial charge in [0.1, 0.15) is 23.7 Å². The molecule has 2 unspecified atom stereocenters. The number of hydrogen-bond acceptors (Lipinski definition) is 11. The SMILES string of the molecule is CN(C)c1cc(NC(=O)OCC2c3ccccc3-c3ccccc32)c(O)c2c1CC1CC3[C@H](N(C)C)C(=O)C(C(N)=O)=C(O)[C@@]3(O)C(=O)C1=C2O. The molecular formula is C38H38N4O9. The number of ether oxygens (including phenoxy) is 1. The summed E-state index contributed by atoms with van der Waals surface area (Å²) in [6, 6.07) is 16.1. The minimum absolute atomic E-state index is 0.0120. The lowest BCUT2D eigenvalue weighted by molar-refractivity contribution is -0.153. The Labute approximate surface area is 293 Å². The van der Waals surface area contributed by atoms with Crippen molar-refractivity contribution in [1.82, 2.24) is 4.90 Å². The van der Waals surface area contributed by atoms with Crippen molar-refractivity contribution in [2.24, 2.45) is 17.6 Å². The van der Waals surface area contributed by atoms with E-state index in [9.17, 15) is 39.6 Å². The van der Waals surface area contributed by atoms with Gasteiger partial charge < -0.3 is 35.8 Å². The van der Waals surface area contributed by atoms with Crippen molar-refractivity contribution >= 4 is 40.7 Å². The number of carbonyl (C=O) groups is 4. The zero-order chi connectivity index (χ0) is 36.7. The maximum Gasteiger partial charge on any atom is 0.411 e. The number of anilines is 2. The van der Waals surface area contributed by atoms with Gasteiger partial charge in [0.25, 0.3) is 5.91 Å². The Balaban J connectivity index is 1.24. The van der Waals surface area contributed by atoms with Crippen molar-refractivity contribution in [2.45, 2.75) is 30.4 Å². The number of primary amides is 1. The highest BCUT2D eigenvalue weighted by Gasteiger charge is 2.64. The number of rotatable bonds is 6. The largest absolute Gasteiger partial charge is 0.508 e. The number of hydrogen-bond donors (Lipinski definition) is 6. The lowest BCUT2D eigenvalue weighted by Crippen LogP contribution is -2.65. The first kappa shape index (κ1) is 33.8. The molecule has 51 heavy (non-hydrogen) atoms. The van der Waals surface area contributed by atoms with Crippen molar-refractivity contribution in [3.63, 3.8) is 0 Å². The summed E-state index contributed by atoms with van der Waals surface area (Å²) in [6.07, 6.45) is -0.806. The molecule has 13 heteroatoms. The van der Waals surface area contributed by atoms with E-state index >= 15 is 0 Å². The fraction of sp³-hybridized carbons (Fsp3) is 0.316. The van der Waals surface area contributed by atoms with Crippen LogP contribution in [0.15, 0.2) is 71.5 Å². The summed E-state index contributed by atoms with van der Waals surface area (Å²) in [5.74, 6) is -7.77. The molecule has 3 aromatic carbocycles. The van der Waals surface area contributed by atoms with Crippen molar-refractivity contribution in [2.75, 3.05) is 45.0 Å². The lowest BCUT2D eigenvalue weighted by Gasteiger charge is -2.50. The van der Waals surface area contributed by atoms with Gasteiger partial charge in [-0.3, -0.25) is 24.6 Å². The number of aromatic hydroxyl groups is 1. The van der Waals surface area contributed by atoms with Crippen molar-refractivity contribution in [1.29, 1.82) is 0 Å². The molecule has 1 saturated carbocycles. The normalized spacial score (nSPS) is 23.7. The average Bonchev–Trinajstić information content (AvgIpc) is 3.39. The van der Waals surface area contributed by atoms with Gasteiger partial charge in [0.15, 0.2) is 17.1 Å².